The van der Waals surface area contributed by atoms with E-state index in [1.807, 2.05) is 12.1 Å². The molecule has 1 aliphatic heterocycles. The van der Waals surface area contributed by atoms with Gasteiger partial charge in [-0.25, -0.2) is 14.2 Å². The summed E-state index contributed by atoms with van der Waals surface area (Å²) in [5.41, 5.74) is 1.34. The first-order valence-electron chi connectivity index (χ1n) is 9.81. The highest BCUT2D eigenvalue weighted by molar-refractivity contribution is 6.04. The van der Waals surface area contributed by atoms with Gasteiger partial charge < -0.3 is 19.0 Å². The second-order valence-corrected chi connectivity index (χ2v) is 7.32. The Morgan fingerprint density at radius 3 is 2.84 bits per heavy atom. The predicted molar refractivity (Wildman–Crippen MR) is 117 cm³/mol. The highest BCUT2D eigenvalue weighted by Crippen LogP contribution is 2.24. The van der Waals surface area contributed by atoms with E-state index < -0.39 is 11.4 Å². The van der Waals surface area contributed by atoms with Gasteiger partial charge in [-0.1, -0.05) is 0 Å². The predicted octanol–water partition coefficient (Wildman–Crippen LogP) is 2.88. The van der Waals surface area contributed by atoms with Crippen molar-refractivity contribution in [3.63, 3.8) is 0 Å². The molecule has 8 nitrogen and oxygen atoms in total. The second-order valence-electron chi connectivity index (χ2n) is 7.32. The number of pyridine rings is 2. The molecule has 5 rings (SSSR count). The SMILES string of the molecule is Cc1cc(F)c2nc(-c3cc4ccc(N5CCCNCC5)nc4oc3=O)cn2c1.OCl. The van der Waals surface area contributed by atoms with Crippen LogP contribution in [-0.2, 0) is 0 Å². The Morgan fingerprint density at radius 1 is 1.16 bits per heavy atom. The van der Waals surface area contributed by atoms with E-state index in [9.17, 15) is 9.18 Å². The number of fused-ring (bicyclic) bond motifs is 2. The molecule has 162 valence electrons. The zero-order valence-electron chi connectivity index (χ0n) is 16.8. The second kappa shape index (κ2) is 9.01. The van der Waals surface area contributed by atoms with Crippen molar-refractivity contribution in [2.24, 2.45) is 0 Å². The molecule has 31 heavy (non-hydrogen) atoms. The fourth-order valence-electron chi connectivity index (χ4n) is 3.74. The van der Waals surface area contributed by atoms with Crippen molar-refractivity contribution in [3.05, 3.63) is 58.5 Å². The number of nitrogens with one attached hydrogen (secondary N) is 1. The summed E-state index contributed by atoms with van der Waals surface area (Å²) in [5.74, 6) is 0.363. The van der Waals surface area contributed by atoms with Crippen LogP contribution in [-0.4, -0.2) is 45.2 Å². The summed E-state index contributed by atoms with van der Waals surface area (Å²) < 4.78 is 27.7. The van der Waals surface area contributed by atoms with Gasteiger partial charge in [0.15, 0.2) is 11.5 Å². The maximum atomic E-state index is 14.2. The molecule has 2 N–H and O–H groups in total. The summed E-state index contributed by atoms with van der Waals surface area (Å²) in [6.07, 6.45) is 4.43. The zero-order chi connectivity index (χ0) is 22.0. The van der Waals surface area contributed by atoms with Crippen molar-refractivity contribution in [1.82, 2.24) is 19.7 Å². The van der Waals surface area contributed by atoms with Gasteiger partial charge in [0.25, 0.3) is 0 Å². The van der Waals surface area contributed by atoms with E-state index in [0.29, 0.717) is 16.8 Å². The minimum atomic E-state index is -0.541. The van der Waals surface area contributed by atoms with Crippen LogP contribution in [0.15, 0.2) is 45.9 Å². The molecule has 0 amide bonds. The Bertz CT molecular complexity index is 1280. The third-order valence-corrected chi connectivity index (χ3v) is 5.17. The Kier molecular flexibility index (Phi) is 6.17. The molecule has 0 aliphatic carbocycles. The smallest absolute Gasteiger partial charge is 0.347 e. The number of imidazole rings is 1. The standard InChI is InChI=1S/C21H20FN5O2.ClHO/c1-13-9-16(22)19-24-17(12-27(19)11-13)15-10-14-3-4-18(25-20(14)29-21(15)28)26-7-2-5-23-6-8-26;1-2/h3-4,9-12,23H,2,5-8H2,1H3;2H. The largest absolute Gasteiger partial charge is 0.403 e. The average Bonchev–Trinajstić information content (AvgIpc) is 3.00. The lowest BCUT2D eigenvalue weighted by Crippen LogP contribution is -2.28. The van der Waals surface area contributed by atoms with Gasteiger partial charge in [0.05, 0.1) is 23.1 Å². The first-order valence-corrected chi connectivity index (χ1v) is 10.1. The lowest BCUT2D eigenvalue weighted by Gasteiger charge is -2.20. The molecule has 10 heteroatoms. The van der Waals surface area contributed by atoms with Crippen LogP contribution in [0, 0.1) is 12.7 Å². The molecule has 5 heterocycles. The van der Waals surface area contributed by atoms with Gasteiger partial charge in [-0.05, 0) is 49.7 Å². The Labute approximate surface area is 182 Å². The van der Waals surface area contributed by atoms with Gasteiger partial charge >= 0.3 is 5.63 Å². The van der Waals surface area contributed by atoms with Crippen LogP contribution in [0.25, 0.3) is 28.0 Å². The first kappa shape index (κ1) is 21.2. The van der Waals surface area contributed by atoms with Gasteiger partial charge in [-0.2, -0.15) is 4.98 Å². The molecule has 1 saturated heterocycles. The molecule has 1 aliphatic rings. The van der Waals surface area contributed by atoms with Crippen LogP contribution in [0.5, 0.6) is 0 Å². The van der Waals surface area contributed by atoms with Crippen LogP contribution >= 0.6 is 11.9 Å². The van der Waals surface area contributed by atoms with Gasteiger partial charge in [-0.15, -0.1) is 0 Å². The highest BCUT2D eigenvalue weighted by Gasteiger charge is 2.16. The Balaban J connectivity index is 0.00000112. The number of aromatic nitrogens is 3. The van der Waals surface area contributed by atoms with E-state index in [-0.39, 0.29) is 11.2 Å². The van der Waals surface area contributed by atoms with Crippen molar-refractivity contribution in [3.8, 4) is 11.3 Å². The molecule has 0 unspecified atom stereocenters. The maximum absolute atomic E-state index is 14.2. The van der Waals surface area contributed by atoms with Crippen molar-refractivity contribution >= 4 is 34.4 Å². The van der Waals surface area contributed by atoms with Crippen molar-refractivity contribution < 1.29 is 13.5 Å². The fraction of sp³-hybridized carbons (Fsp3) is 0.286. The van der Waals surface area contributed by atoms with Crippen LogP contribution in [0.2, 0.25) is 0 Å². The molecule has 0 aromatic carbocycles. The topological polar surface area (TPSA) is 95.9 Å². The number of anilines is 1. The van der Waals surface area contributed by atoms with Gasteiger partial charge in [0, 0.05) is 37.4 Å². The van der Waals surface area contributed by atoms with Gasteiger partial charge in [-0.3, -0.25) is 4.66 Å². The Morgan fingerprint density at radius 2 is 2.00 bits per heavy atom. The van der Waals surface area contributed by atoms with Crippen molar-refractivity contribution in [2.75, 3.05) is 31.1 Å². The molecule has 4 aromatic heterocycles. The van der Waals surface area contributed by atoms with E-state index in [4.69, 9.17) is 9.08 Å². The van der Waals surface area contributed by atoms with Crippen molar-refractivity contribution in [1.29, 1.82) is 0 Å². The minimum Gasteiger partial charge on any atom is -0.403 e. The van der Waals surface area contributed by atoms with Crippen LogP contribution < -0.4 is 15.8 Å². The summed E-state index contributed by atoms with van der Waals surface area (Å²) in [4.78, 5) is 23.6. The van der Waals surface area contributed by atoms with E-state index in [1.54, 1.807) is 29.8 Å². The summed E-state index contributed by atoms with van der Waals surface area (Å²) in [6, 6.07) is 6.94. The number of rotatable bonds is 2. The first-order chi connectivity index (χ1) is 15.1. The van der Waals surface area contributed by atoms with Crippen LogP contribution in [0.1, 0.15) is 12.0 Å². The number of hydrogen-bond acceptors (Lipinski definition) is 7. The van der Waals surface area contributed by atoms with Crippen LogP contribution in [0.4, 0.5) is 10.2 Å². The van der Waals surface area contributed by atoms with Gasteiger partial charge in [0.1, 0.15) is 5.82 Å². The molecule has 0 bridgehead atoms. The highest BCUT2D eigenvalue weighted by atomic mass is 35.5. The third-order valence-electron chi connectivity index (χ3n) is 5.17. The quantitative estimate of drug-likeness (QED) is 0.489. The lowest BCUT2D eigenvalue weighted by atomic mass is 10.2. The summed E-state index contributed by atoms with van der Waals surface area (Å²) >= 11 is 3.64. The Hall–Kier alpha value is -3.01. The summed E-state index contributed by atoms with van der Waals surface area (Å²) in [5, 5.41) is 4.06. The maximum Gasteiger partial charge on any atom is 0.347 e. The van der Waals surface area contributed by atoms with E-state index in [2.05, 4.69) is 32.1 Å². The van der Waals surface area contributed by atoms with E-state index >= 15 is 0 Å². The number of aryl methyl sites for hydroxylation is 1. The van der Waals surface area contributed by atoms with E-state index in [0.717, 1.165) is 44.0 Å². The van der Waals surface area contributed by atoms with Gasteiger partial charge in [0.2, 0.25) is 5.71 Å². The molecule has 1 fully saturated rings. The lowest BCUT2D eigenvalue weighted by molar-refractivity contribution is 0.551. The fourth-order valence-corrected chi connectivity index (χ4v) is 3.74. The van der Waals surface area contributed by atoms with Crippen molar-refractivity contribution in [2.45, 2.75) is 13.3 Å². The molecule has 0 spiro atoms. The van der Waals surface area contributed by atoms with E-state index in [1.165, 1.54) is 6.07 Å². The monoisotopic (exact) mass is 445 g/mol. The summed E-state index contributed by atoms with van der Waals surface area (Å²) in [7, 11) is 0. The number of hydrogen-bond donors (Lipinski definition) is 2. The van der Waals surface area contributed by atoms with Crippen LogP contribution in [0.3, 0.4) is 0 Å². The zero-order valence-corrected chi connectivity index (χ0v) is 17.6. The molecular formula is C21H21ClFN5O3. The normalized spacial score (nSPS) is 14.4. The molecule has 0 atom stereocenters. The molecular weight excluding hydrogens is 425 g/mol. The molecule has 4 aromatic rings. The average molecular weight is 446 g/mol. The summed E-state index contributed by atoms with van der Waals surface area (Å²) in [6.45, 7) is 5.44. The molecule has 0 radical (unpaired) electrons. The molecule has 0 saturated carbocycles. The minimum absolute atomic E-state index is 0.174. The number of halogens is 2. The third kappa shape index (κ3) is 4.25. The number of nitrogens with zero attached hydrogens (tertiary/aromatic N) is 4.